The smallest absolute Gasteiger partial charge is 0.393 e. The molecule has 1 aromatic carbocycles. The molecule has 1 aliphatic carbocycles. The van der Waals surface area contributed by atoms with Crippen molar-refractivity contribution in [3.63, 3.8) is 0 Å². The van der Waals surface area contributed by atoms with Gasteiger partial charge < -0.3 is 20.5 Å². The van der Waals surface area contributed by atoms with Crippen molar-refractivity contribution in [2.75, 3.05) is 5.73 Å². The van der Waals surface area contributed by atoms with Crippen molar-refractivity contribution in [1.29, 1.82) is 0 Å². The summed E-state index contributed by atoms with van der Waals surface area (Å²) >= 11 is 0. The average molecular weight is 594 g/mol. The Balaban J connectivity index is 1.17. The van der Waals surface area contributed by atoms with Gasteiger partial charge in [-0.2, -0.15) is 5.10 Å². The predicted octanol–water partition coefficient (Wildman–Crippen LogP) is 4.38. The highest BCUT2D eigenvalue weighted by atomic mass is 19.3. The zero-order chi connectivity index (χ0) is 30.0. The summed E-state index contributed by atoms with van der Waals surface area (Å²) in [7, 11) is 0. The van der Waals surface area contributed by atoms with E-state index in [1.165, 1.54) is 12.3 Å². The van der Waals surface area contributed by atoms with Crippen LogP contribution in [0.25, 0.3) is 34.1 Å². The molecule has 8 rings (SSSR count). The Morgan fingerprint density at radius 2 is 1.93 bits per heavy atom. The predicted molar refractivity (Wildman–Crippen MR) is 153 cm³/mol. The van der Waals surface area contributed by atoms with E-state index in [0.29, 0.717) is 47.0 Å². The molecule has 5 aromatic heterocycles. The number of ether oxygens (including phenoxy) is 2. The van der Waals surface area contributed by atoms with Gasteiger partial charge in [0.1, 0.15) is 11.3 Å². The number of fused-ring (bicyclic) bond motifs is 3. The van der Waals surface area contributed by atoms with Crippen LogP contribution in [0.4, 0.5) is 14.6 Å². The van der Waals surface area contributed by atoms with E-state index in [4.69, 9.17) is 15.7 Å². The van der Waals surface area contributed by atoms with Gasteiger partial charge in [-0.1, -0.05) is 6.07 Å². The third-order valence-electron chi connectivity index (χ3n) is 7.63. The van der Waals surface area contributed by atoms with Crippen LogP contribution in [0.5, 0.6) is 11.6 Å². The zero-order valence-corrected chi connectivity index (χ0v) is 22.7. The molecule has 1 aliphatic heterocycles. The van der Waals surface area contributed by atoms with Gasteiger partial charge in [-0.25, -0.2) is 24.6 Å². The van der Waals surface area contributed by atoms with Gasteiger partial charge >= 0.3 is 6.29 Å². The number of hydrogen-bond donors (Lipinski definition) is 2. The minimum atomic E-state index is -3.88. The van der Waals surface area contributed by atoms with Crippen molar-refractivity contribution in [3.8, 4) is 34.5 Å². The molecule has 6 heterocycles. The molecule has 6 aromatic rings. The summed E-state index contributed by atoms with van der Waals surface area (Å²) in [5.41, 5.74) is 10.8. The molecule has 0 saturated heterocycles. The lowest BCUT2D eigenvalue weighted by Gasteiger charge is -2.16. The third kappa shape index (κ3) is 4.18. The van der Waals surface area contributed by atoms with Crippen LogP contribution in [-0.4, -0.2) is 46.5 Å². The summed E-state index contributed by atoms with van der Waals surface area (Å²) in [5, 5.41) is 7.25. The van der Waals surface area contributed by atoms with E-state index >= 15 is 0 Å². The topological polar surface area (TPSA) is 148 Å². The van der Waals surface area contributed by atoms with E-state index in [1.54, 1.807) is 23.1 Å². The van der Waals surface area contributed by atoms with Crippen LogP contribution in [-0.2, 0) is 6.42 Å². The van der Waals surface area contributed by atoms with E-state index in [2.05, 4.69) is 29.9 Å². The number of nitrogens with two attached hydrogens (primary N) is 1. The molecular weight excluding hydrogens is 572 g/mol. The summed E-state index contributed by atoms with van der Waals surface area (Å²) in [5.74, 6) is 0.130. The molecule has 0 radical (unpaired) electrons. The first-order valence-corrected chi connectivity index (χ1v) is 13.6. The van der Waals surface area contributed by atoms with Crippen LogP contribution in [0.2, 0.25) is 0 Å². The second-order valence-electron chi connectivity index (χ2n) is 10.3. The number of nitrogens with one attached hydrogen (secondary N) is 1. The van der Waals surface area contributed by atoms with Crippen molar-refractivity contribution in [2.24, 2.45) is 0 Å². The summed E-state index contributed by atoms with van der Waals surface area (Å²) in [6, 6.07) is 16.0. The Morgan fingerprint density at radius 3 is 2.77 bits per heavy atom. The molecule has 0 unspecified atom stereocenters. The van der Waals surface area contributed by atoms with Crippen LogP contribution in [0.15, 0.2) is 79.4 Å². The number of carbonyl (C=O) groups is 1. The van der Waals surface area contributed by atoms with Gasteiger partial charge in [0.2, 0.25) is 5.75 Å². The first kappa shape index (κ1) is 25.8. The minimum absolute atomic E-state index is 0.0834. The van der Waals surface area contributed by atoms with Crippen molar-refractivity contribution < 1.29 is 23.0 Å². The first-order valence-electron chi connectivity index (χ1n) is 13.6. The fourth-order valence-electron chi connectivity index (χ4n) is 5.67. The Kier molecular flexibility index (Phi) is 5.59. The zero-order valence-electron chi connectivity index (χ0n) is 22.7. The highest BCUT2D eigenvalue weighted by Crippen LogP contribution is 2.42. The van der Waals surface area contributed by atoms with E-state index in [1.807, 2.05) is 53.2 Å². The molecule has 12 nitrogen and oxygen atoms in total. The van der Waals surface area contributed by atoms with E-state index in [-0.39, 0.29) is 17.4 Å². The molecule has 0 bridgehead atoms. The average Bonchev–Trinajstić information content (AvgIpc) is 3.81. The number of aromatic nitrogens is 7. The standard InChI is InChI=1S/C30H21F2N9O3/c31-30(32)43-24-19(10-13-35-29(24)44-30)28(42)38-21-7-4-16-15-17(5-6-18(16)21)41-26(20-3-1-11-34-25(20)33)37-22-8-9-23(39-27(22)41)40-14-2-12-36-40/h1-3,5-6,8-15,21H,4,7H2,(H2,33,34)(H,38,42)/t21-/m0/s1. The number of amides is 1. The molecule has 2 aliphatic rings. The van der Waals surface area contributed by atoms with Crippen LogP contribution >= 0.6 is 0 Å². The van der Waals surface area contributed by atoms with E-state index in [9.17, 15) is 13.6 Å². The highest BCUT2D eigenvalue weighted by molar-refractivity contribution is 5.98. The van der Waals surface area contributed by atoms with Crippen molar-refractivity contribution in [1.82, 2.24) is 39.6 Å². The highest BCUT2D eigenvalue weighted by Gasteiger charge is 2.46. The molecule has 1 atom stereocenters. The number of hydrogen-bond acceptors (Lipinski definition) is 9. The molecule has 3 N–H and O–H groups in total. The molecule has 218 valence electrons. The Hall–Kier alpha value is -5.92. The SMILES string of the molecule is Nc1ncccc1-c1nc2ccc(-n3cccn3)nc2n1-c1ccc2c(c1)CC[C@@H]2NC(=O)c1ccnc2c1OC(F)(F)O2. The quantitative estimate of drug-likeness (QED) is 0.297. The summed E-state index contributed by atoms with van der Waals surface area (Å²) in [4.78, 5) is 30.9. The molecule has 44 heavy (non-hydrogen) atoms. The molecular formula is C30H21F2N9O3. The first-order chi connectivity index (χ1) is 21.3. The van der Waals surface area contributed by atoms with Gasteiger partial charge in [0.05, 0.1) is 17.2 Å². The molecule has 1 amide bonds. The number of alkyl halides is 2. The lowest BCUT2D eigenvalue weighted by Crippen LogP contribution is -2.29. The van der Waals surface area contributed by atoms with Crippen LogP contribution < -0.4 is 20.5 Å². The second kappa shape index (κ2) is 9.55. The Bertz CT molecular complexity index is 2100. The van der Waals surface area contributed by atoms with Gasteiger partial charge in [0.15, 0.2) is 17.3 Å². The molecule has 0 saturated carbocycles. The van der Waals surface area contributed by atoms with E-state index in [0.717, 1.165) is 16.8 Å². The number of nitrogen functional groups attached to an aromatic ring is 1. The van der Waals surface area contributed by atoms with Gasteiger partial charge in [-0.05, 0) is 72.5 Å². The maximum Gasteiger partial charge on any atom is 0.587 e. The fourth-order valence-corrected chi connectivity index (χ4v) is 5.67. The van der Waals surface area contributed by atoms with Crippen LogP contribution in [0.1, 0.15) is 33.9 Å². The number of rotatable bonds is 5. The van der Waals surface area contributed by atoms with Gasteiger partial charge in [0, 0.05) is 30.5 Å². The molecule has 0 spiro atoms. The third-order valence-corrected chi connectivity index (χ3v) is 7.63. The second-order valence-corrected chi connectivity index (χ2v) is 10.3. The summed E-state index contributed by atoms with van der Waals surface area (Å²) in [6.07, 6.45) is 3.73. The van der Waals surface area contributed by atoms with Crippen LogP contribution in [0, 0.1) is 0 Å². The number of anilines is 1. The Labute approximate surface area is 247 Å². The summed E-state index contributed by atoms with van der Waals surface area (Å²) in [6.45, 7) is 0. The number of halogens is 2. The number of nitrogens with zero attached hydrogens (tertiary/aromatic N) is 7. The van der Waals surface area contributed by atoms with Crippen LogP contribution in [0.3, 0.4) is 0 Å². The maximum atomic E-state index is 13.6. The van der Waals surface area contributed by atoms with Gasteiger partial charge in [0.25, 0.3) is 11.8 Å². The number of imidazole rings is 1. The van der Waals surface area contributed by atoms with Crippen molar-refractivity contribution in [2.45, 2.75) is 25.2 Å². The Morgan fingerprint density at radius 1 is 1.02 bits per heavy atom. The van der Waals surface area contributed by atoms with Gasteiger partial charge in [-0.3, -0.25) is 9.36 Å². The lowest BCUT2D eigenvalue weighted by atomic mass is 10.1. The number of aryl methyl sites for hydroxylation is 1. The monoisotopic (exact) mass is 593 g/mol. The number of pyridine rings is 3. The van der Waals surface area contributed by atoms with Gasteiger partial charge in [-0.15, -0.1) is 8.78 Å². The molecule has 0 fully saturated rings. The van der Waals surface area contributed by atoms with E-state index < -0.39 is 18.1 Å². The number of carbonyl (C=O) groups excluding carboxylic acids is 1. The molecule has 14 heteroatoms. The normalized spacial score (nSPS) is 16.3. The number of benzene rings is 1. The van der Waals surface area contributed by atoms with Crippen molar-refractivity contribution in [3.05, 3.63) is 96.1 Å². The lowest BCUT2D eigenvalue weighted by molar-refractivity contribution is -0.287. The minimum Gasteiger partial charge on any atom is -0.393 e. The fraction of sp³-hybridized carbons (Fsp3) is 0.133. The van der Waals surface area contributed by atoms with Crippen molar-refractivity contribution >= 4 is 22.9 Å². The maximum absolute atomic E-state index is 13.6. The largest absolute Gasteiger partial charge is 0.587 e. The summed E-state index contributed by atoms with van der Waals surface area (Å²) < 4.78 is 39.8.